The molecule has 3 nitrogen and oxygen atoms in total. The first kappa shape index (κ1) is 6.93. The third-order valence-corrected chi connectivity index (χ3v) is 1.54. The van der Waals surface area contributed by atoms with Crippen molar-refractivity contribution in [2.75, 3.05) is 0 Å². The number of nitriles is 1. The number of rotatable bonds is 1. The van der Waals surface area contributed by atoms with Crippen molar-refractivity contribution >= 4 is 5.97 Å². The quantitative estimate of drug-likeness (QED) is 0.591. The Morgan fingerprint density at radius 1 is 1.70 bits per heavy atom. The maximum Gasteiger partial charge on any atom is 0.330 e. The third-order valence-electron chi connectivity index (χ3n) is 1.54. The molecule has 1 rings (SSSR count). The highest BCUT2D eigenvalue weighted by Crippen LogP contribution is 2.60. The van der Waals surface area contributed by atoms with Gasteiger partial charge in [-0.05, 0) is 0 Å². The average molecular weight is 147 g/mol. The van der Waals surface area contributed by atoms with Crippen molar-refractivity contribution in [2.45, 2.75) is 12.3 Å². The Balaban J connectivity index is 2.92. The summed E-state index contributed by atoms with van der Waals surface area (Å²) in [5, 5.41) is 16.2. The summed E-state index contributed by atoms with van der Waals surface area (Å²) in [6.45, 7) is 0. The van der Waals surface area contributed by atoms with Gasteiger partial charge in [-0.15, -0.1) is 0 Å². The first-order valence-corrected chi connectivity index (χ1v) is 2.49. The van der Waals surface area contributed by atoms with Crippen molar-refractivity contribution in [3.8, 4) is 6.07 Å². The van der Waals surface area contributed by atoms with Crippen LogP contribution in [0.15, 0.2) is 0 Å². The minimum absolute atomic E-state index is 0.855. The van der Waals surface area contributed by atoms with E-state index in [0.29, 0.717) is 0 Å². The van der Waals surface area contributed by atoms with Crippen molar-refractivity contribution in [1.29, 1.82) is 5.26 Å². The van der Waals surface area contributed by atoms with E-state index < -0.39 is 23.7 Å². The summed E-state index contributed by atoms with van der Waals surface area (Å²) in [4.78, 5) is 10.0. The Labute approximate surface area is 54.9 Å². The van der Waals surface area contributed by atoms with Crippen LogP contribution in [0.25, 0.3) is 0 Å². The largest absolute Gasteiger partial charge is 0.480 e. The van der Waals surface area contributed by atoms with E-state index in [0.717, 1.165) is 6.07 Å². The molecule has 54 valence electrons. The summed E-state index contributed by atoms with van der Waals surface area (Å²) in [7, 11) is 0. The summed E-state index contributed by atoms with van der Waals surface area (Å²) in [5.74, 6) is -5.06. The molecule has 1 unspecified atom stereocenters. The van der Waals surface area contributed by atoms with Crippen LogP contribution in [0.4, 0.5) is 8.78 Å². The monoisotopic (exact) mass is 147 g/mol. The molecule has 1 fully saturated rings. The Bertz CT molecular complexity index is 232. The fourth-order valence-corrected chi connectivity index (χ4v) is 0.690. The van der Waals surface area contributed by atoms with Crippen molar-refractivity contribution in [1.82, 2.24) is 0 Å². The first-order chi connectivity index (χ1) is 4.46. The van der Waals surface area contributed by atoms with Gasteiger partial charge in [-0.2, -0.15) is 5.26 Å². The highest BCUT2D eigenvalue weighted by molar-refractivity contribution is 5.83. The molecule has 1 saturated carbocycles. The van der Waals surface area contributed by atoms with E-state index in [1.807, 2.05) is 0 Å². The second-order valence-corrected chi connectivity index (χ2v) is 2.20. The van der Waals surface area contributed by atoms with Crippen LogP contribution in [0.1, 0.15) is 6.42 Å². The van der Waals surface area contributed by atoms with Gasteiger partial charge in [0.1, 0.15) is 0 Å². The van der Waals surface area contributed by atoms with Crippen LogP contribution < -0.4 is 0 Å². The lowest BCUT2D eigenvalue weighted by molar-refractivity contribution is -0.144. The van der Waals surface area contributed by atoms with Gasteiger partial charge in [-0.25, -0.2) is 8.78 Å². The second-order valence-electron chi connectivity index (χ2n) is 2.20. The molecule has 1 aliphatic carbocycles. The fraction of sp³-hybridized carbons (Fsp3) is 0.600. The molecule has 0 radical (unpaired) electrons. The zero-order chi connectivity index (χ0) is 7.99. The summed E-state index contributed by atoms with van der Waals surface area (Å²) in [6.07, 6.45) is -0.855. The van der Waals surface area contributed by atoms with E-state index in [9.17, 15) is 13.6 Å². The van der Waals surface area contributed by atoms with Crippen LogP contribution in [0.5, 0.6) is 0 Å². The van der Waals surface area contributed by atoms with Gasteiger partial charge in [0.05, 0.1) is 6.07 Å². The Hall–Kier alpha value is -1.18. The molecule has 0 aromatic rings. The third kappa shape index (κ3) is 0.533. The number of nitrogens with zero attached hydrogens (tertiary/aromatic N) is 1. The second kappa shape index (κ2) is 1.45. The summed E-state index contributed by atoms with van der Waals surface area (Å²) < 4.78 is 24.2. The minimum atomic E-state index is -3.33. The van der Waals surface area contributed by atoms with Gasteiger partial charge in [0.2, 0.25) is 5.41 Å². The lowest BCUT2D eigenvalue weighted by Gasteiger charge is -1.97. The van der Waals surface area contributed by atoms with Crippen LogP contribution in [-0.2, 0) is 4.79 Å². The highest BCUT2D eigenvalue weighted by atomic mass is 19.3. The van der Waals surface area contributed by atoms with Crippen LogP contribution in [-0.4, -0.2) is 17.0 Å². The molecule has 0 aromatic heterocycles. The van der Waals surface area contributed by atoms with E-state index >= 15 is 0 Å². The highest BCUT2D eigenvalue weighted by Gasteiger charge is 2.78. The smallest absolute Gasteiger partial charge is 0.330 e. The number of aliphatic carboxylic acids is 1. The molecular formula is C5H3F2NO2. The number of carbonyl (C=O) groups is 1. The van der Waals surface area contributed by atoms with E-state index in [1.165, 1.54) is 0 Å². The van der Waals surface area contributed by atoms with Gasteiger partial charge < -0.3 is 5.11 Å². The zero-order valence-corrected chi connectivity index (χ0v) is 4.77. The number of carboxylic acids is 1. The number of hydrogen-bond donors (Lipinski definition) is 1. The topological polar surface area (TPSA) is 61.1 Å². The van der Waals surface area contributed by atoms with E-state index in [4.69, 9.17) is 10.4 Å². The Morgan fingerprint density at radius 2 is 2.10 bits per heavy atom. The predicted molar refractivity (Wildman–Crippen MR) is 25.2 cm³/mol. The van der Waals surface area contributed by atoms with Gasteiger partial charge in [-0.1, -0.05) is 0 Å². The predicted octanol–water partition coefficient (Wildman–Crippen LogP) is 0.620. The number of halogens is 2. The average Bonchev–Trinajstić information content (AvgIpc) is 2.35. The van der Waals surface area contributed by atoms with Gasteiger partial charge in [0.25, 0.3) is 5.92 Å². The summed E-state index contributed by atoms with van der Waals surface area (Å²) >= 11 is 0. The van der Waals surface area contributed by atoms with Crippen LogP contribution in [0, 0.1) is 16.7 Å². The number of hydrogen-bond acceptors (Lipinski definition) is 2. The summed E-state index contributed by atoms with van der Waals surface area (Å²) in [6, 6.07) is 1.09. The van der Waals surface area contributed by atoms with Crippen molar-refractivity contribution in [2.24, 2.45) is 5.41 Å². The van der Waals surface area contributed by atoms with Crippen molar-refractivity contribution < 1.29 is 18.7 Å². The fourth-order valence-electron chi connectivity index (χ4n) is 0.690. The maximum absolute atomic E-state index is 12.1. The van der Waals surface area contributed by atoms with Gasteiger partial charge >= 0.3 is 5.97 Å². The lowest BCUT2D eigenvalue weighted by Crippen LogP contribution is -2.20. The normalized spacial score (nSPS) is 34.5. The Morgan fingerprint density at radius 3 is 2.10 bits per heavy atom. The molecule has 0 aromatic carbocycles. The molecule has 5 heteroatoms. The van der Waals surface area contributed by atoms with Gasteiger partial charge in [0, 0.05) is 6.42 Å². The SMILES string of the molecule is N#CC1(C(=O)O)CC1(F)F. The van der Waals surface area contributed by atoms with Gasteiger partial charge in [-0.3, -0.25) is 4.79 Å². The molecule has 1 atom stereocenters. The number of alkyl halides is 2. The maximum atomic E-state index is 12.1. The molecule has 0 heterocycles. The molecule has 0 aliphatic heterocycles. The number of carboxylic acid groups (broad SMARTS) is 1. The Kier molecular flexibility index (Phi) is 1.01. The lowest BCUT2D eigenvalue weighted by atomic mass is 10.1. The zero-order valence-electron chi connectivity index (χ0n) is 4.77. The first-order valence-electron chi connectivity index (χ1n) is 2.49. The van der Waals surface area contributed by atoms with E-state index in [2.05, 4.69) is 0 Å². The van der Waals surface area contributed by atoms with E-state index in [-0.39, 0.29) is 0 Å². The molecule has 0 spiro atoms. The van der Waals surface area contributed by atoms with Gasteiger partial charge in [0.15, 0.2) is 0 Å². The molecule has 0 saturated heterocycles. The van der Waals surface area contributed by atoms with Crippen LogP contribution in [0.3, 0.4) is 0 Å². The molecule has 0 bridgehead atoms. The van der Waals surface area contributed by atoms with Crippen LogP contribution in [0.2, 0.25) is 0 Å². The molecule has 1 aliphatic rings. The van der Waals surface area contributed by atoms with E-state index in [1.54, 1.807) is 0 Å². The molecular weight excluding hydrogens is 144 g/mol. The minimum Gasteiger partial charge on any atom is -0.480 e. The van der Waals surface area contributed by atoms with Crippen molar-refractivity contribution in [3.63, 3.8) is 0 Å². The molecule has 0 amide bonds. The summed E-state index contributed by atoms with van der Waals surface area (Å²) in [5.41, 5.74) is -2.42. The van der Waals surface area contributed by atoms with Crippen LogP contribution >= 0.6 is 0 Å². The molecule has 1 N–H and O–H groups in total. The molecule has 10 heavy (non-hydrogen) atoms. The van der Waals surface area contributed by atoms with Crippen molar-refractivity contribution in [3.05, 3.63) is 0 Å². The standard InChI is InChI=1S/C5H3F2NO2/c6-5(7)1-4(5,2-8)3(9)10/h1H2,(H,9,10).